The van der Waals surface area contributed by atoms with Crippen LogP contribution in [0.3, 0.4) is 0 Å². The van der Waals surface area contributed by atoms with E-state index in [9.17, 15) is 18.8 Å². The fourth-order valence-corrected chi connectivity index (χ4v) is 3.43. The van der Waals surface area contributed by atoms with Crippen LogP contribution < -0.4 is 16.6 Å². The van der Waals surface area contributed by atoms with E-state index in [0.717, 1.165) is 11.1 Å². The molecule has 31 heavy (non-hydrogen) atoms. The van der Waals surface area contributed by atoms with E-state index < -0.39 is 17.4 Å². The highest BCUT2D eigenvalue weighted by atomic mass is 19.1. The number of hydrogen-bond donors (Lipinski definition) is 1. The molecular formula is C22H22FN5O3. The van der Waals surface area contributed by atoms with Crippen molar-refractivity contribution in [3.05, 3.63) is 75.2 Å². The summed E-state index contributed by atoms with van der Waals surface area (Å²) in [5.74, 6) is -0.351. The Balaban J connectivity index is 1.77. The molecule has 4 aromatic rings. The number of fused-ring (bicyclic) bond motifs is 3. The van der Waals surface area contributed by atoms with Crippen molar-refractivity contribution in [2.45, 2.75) is 33.4 Å². The van der Waals surface area contributed by atoms with Gasteiger partial charge in [-0.05, 0) is 48.7 Å². The predicted molar refractivity (Wildman–Crippen MR) is 116 cm³/mol. The second kappa shape index (κ2) is 8.17. The molecule has 160 valence electrons. The van der Waals surface area contributed by atoms with Gasteiger partial charge in [-0.2, -0.15) is 0 Å². The monoisotopic (exact) mass is 423 g/mol. The summed E-state index contributed by atoms with van der Waals surface area (Å²) in [5, 5.41) is 7.33. The first kappa shape index (κ1) is 20.5. The second-order valence-electron chi connectivity index (χ2n) is 7.79. The molecule has 0 aliphatic heterocycles. The van der Waals surface area contributed by atoms with Crippen LogP contribution in [0.15, 0.2) is 58.1 Å². The minimum absolute atomic E-state index is 0.198. The molecule has 0 spiro atoms. The van der Waals surface area contributed by atoms with Crippen LogP contribution in [0.5, 0.6) is 0 Å². The number of aromatic nitrogens is 4. The number of hydrogen-bond acceptors (Lipinski definition) is 4. The van der Waals surface area contributed by atoms with Gasteiger partial charge < -0.3 is 5.32 Å². The Hall–Kier alpha value is -3.75. The van der Waals surface area contributed by atoms with Crippen molar-refractivity contribution in [1.82, 2.24) is 18.7 Å². The van der Waals surface area contributed by atoms with E-state index in [4.69, 9.17) is 0 Å². The van der Waals surface area contributed by atoms with Crippen LogP contribution in [-0.4, -0.2) is 24.7 Å². The van der Waals surface area contributed by atoms with Gasteiger partial charge >= 0.3 is 5.69 Å². The number of rotatable bonds is 6. The average molecular weight is 423 g/mol. The van der Waals surface area contributed by atoms with Crippen LogP contribution in [0, 0.1) is 11.7 Å². The summed E-state index contributed by atoms with van der Waals surface area (Å²) >= 11 is 0. The molecule has 2 heterocycles. The van der Waals surface area contributed by atoms with E-state index in [1.165, 1.54) is 33.2 Å². The zero-order valence-corrected chi connectivity index (χ0v) is 17.2. The van der Waals surface area contributed by atoms with Crippen LogP contribution in [0.1, 0.15) is 20.3 Å². The molecule has 1 N–H and O–H groups in total. The first-order valence-corrected chi connectivity index (χ1v) is 10.0. The number of carbonyl (C=O) groups excluding carboxylic acids is 1. The van der Waals surface area contributed by atoms with Crippen LogP contribution in [0.25, 0.3) is 16.7 Å². The van der Waals surface area contributed by atoms with Crippen molar-refractivity contribution in [3.8, 4) is 0 Å². The predicted octanol–water partition coefficient (Wildman–Crippen LogP) is 2.63. The smallest absolute Gasteiger partial charge is 0.324 e. The van der Waals surface area contributed by atoms with E-state index in [1.54, 1.807) is 24.3 Å². The van der Waals surface area contributed by atoms with Gasteiger partial charge in [-0.1, -0.05) is 26.0 Å². The molecular weight excluding hydrogens is 401 g/mol. The SMILES string of the molecule is CC(C)CCn1c(=O)c2ccccc2n2c(=O)n(CC(=O)Nc3ccc(F)cc3)nc12. The molecule has 2 aromatic carbocycles. The Morgan fingerprint density at radius 3 is 2.52 bits per heavy atom. The number of aryl methyl sites for hydroxylation is 1. The minimum atomic E-state index is -0.515. The molecule has 8 nitrogen and oxygen atoms in total. The van der Waals surface area contributed by atoms with Crippen molar-refractivity contribution in [2.24, 2.45) is 5.92 Å². The van der Waals surface area contributed by atoms with E-state index >= 15 is 0 Å². The van der Waals surface area contributed by atoms with Gasteiger partial charge in [0.2, 0.25) is 11.7 Å². The summed E-state index contributed by atoms with van der Waals surface area (Å²) in [4.78, 5) is 38.6. The number of nitrogens with one attached hydrogen (secondary N) is 1. The normalized spacial score (nSPS) is 11.5. The standard InChI is InChI=1S/C22H22FN5O3/c1-14(2)11-12-26-20(30)17-5-3-4-6-18(17)28-21(26)25-27(22(28)31)13-19(29)24-16-9-7-15(23)8-10-16/h3-10,14H,11-13H2,1-2H3,(H,24,29). The molecule has 0 aliphatic carbocycles. The van der Waals surface area contributed by atoms with E-state index in [-0.39, 0.29) is 17.9 Å². The lowest BCUT2D eigenvalue weighted by atomic mass is 10.1. The molecule has 4 rings (SSSR count). The molecule has 0 bridgehead atoms. The summed E-state index contributed by atoms with van der Waals surface area (Å²) in [7, 11) is 0. The van der Waals surface area contributed by atoms with E-state index in [1.807, 2.05) is 13.8 Å². The Bertz CT molecular complexity index is 1380. The topological polar surface area (TPSA) is 90.4 Å². The average Bonchev–Trinajstić information content (AvgIpc) is 3.05. The molecule has 9 heteroatoms. The van der Waals surface area contributed by atoms with Gasteiger partial charge in [-0.15, -0.1) is 5.10 Å². The quantitative estimate of drug-likeness (QED) is 0.516. The maximum Gasteiger partial charge on any atom is 0.352 e. The van der Waals surface area contributed by atoms with Crippen molar-refractivity contribution in [3.63, 3.8) is 0 Å². The Morgan fingerprint density at radius 1 is 1.10 bits per heavy atom. The number of anilines is 1. The van der Waals surface area contributed by atoms with E-state index in [0.29, 0.717) is 29.1 Å². The Morgan fingerprint density at radius 2 is 1.81 bits per heavy atom. The van der Waals surface area contributed by atoms with E-state index in [2.05, 4.69) is 10.4 Å². The second-order valence-corrected chi connectivity index (χ2v) is 7.79. The lowest BCUT2D eigenvalue weighted by molar-refractivity contribution is -0.117. The number of carbonyl (C=O) groups is 1. The molecule has 0 saturated heterocycles. The molecule has 1 amide bonds. The third kappa shape index (κ3) is 3.98. The van der Waals surface area contributed by atoms with Gasteiger partial charge in [0.1, 0.15) is 12.4 Å². The third-order valence-electron chi connectivity index (χ3n) is 5.04. The first-order valence-electron chi connectivity index (χ1n) is 10.0. The van der Waals surface area contributed by atoms with Crippen molar-refractivity contribution in [1.29, 1.82) is 0 Å². The number of amides is 1. The third-order valence-corrected chi connectivity index (χ3v) is 5.04. The summed E-state index contributed by atoms with van der Waals surface area (Å²) < 4.78 is 16.9. The molecule has 0 saturated carbocycles. The number of halogens is 1. The van der Waals surface area contributed by atoms with Crippen LogP contribution in [0.4, 0.5) is 10.1 Å². The highest BCUT2D eigenvalue weighted by Gasteiger charge is 2.18. The fraction of sp³-hybridized carbons (Fsp3) is 0.273. The van der Waals surface area contributed by atoms with Gasteiger partial charge in [-0.3, -0.25) is 14.2 Å². The van der Waals surface area contributed by atoms with Crippen LogP contribution >= 0.6 is 0 Å². The molecule has 0 radical (unpaired) electrons. The maximum atomic E-state index is 13.1. The van der Waals surface area contributed by atoms with Crippen LogP contribution in [0.2, 0.25) is 0 Å². The largest absolute Gasteiger partial charge is 0.352 e. The van der Waals surface area contributed by atoms with Crippen molar-refractivity contribution < 1.29 is 9.18 Å². The van der Waals surface area contributed by atoms with Crippen LogP contribution in [-0.2, 0) is 17.9 Å². The van der Waals surface area contributed by atoms with Gasteiger partial charge in [-0.25, -0.2) is 18.3 Å². The minimum Gasteiger partial charge on any atom is -0.324 e. The fourth-order valence-electron chi connectivity index (χ4n) is 3.43. The lowest BCUT2D eigenvalue weighted by Crippen LogP contribution is -2.29. The highest BCUT2D eigenvalue weighted by Crippen LogP contribution is 2.13. The highest BCUT2D eigenvalue weighted by molar-refractivity contribution is 5.90. The molecule has 0 unspecified atom stereocenters. The number of benzene rings is 2. The van der Waals surface area contributed by atoms with Crippen molar-refractivity contribution in [2.75, 3.05) is 5.32 Å². The Kier molecular flexibility index (Phi) is 5.41. The van der Waals surface area contributed by atoms with Gasteiger partial charge in [0, 0.05) is 12.2 Å². The molecule has 0 atom stereocenters. The molecule has 0 fully saturated rings. The Labute approximate surface area is 176 Å². The van der Waals surface area contributed by atoms with Crippen molar-refractivity contribution >= 4 is 28.3 Å². The number of nitrogens with zero attached hydrogens (tertiary/aromatic N) is 4. The molecule has 0 aliphatic rings. The van der Waals surface area contributed by atoms with Gasteiger partial charge in [0.25, 0.3) is 5.56 Å². The summed E-state index contributed by atoms with van der Waals surface area (Å²) in [6.45, 7) is 4.16. The summed E-state index contributed by atoms with van der Waals surface area (Å²) in [5.41, 5.74) is 0.108. The first-order chi connectivity index (χ1) is 14.8. The zero-order chi connectivity index (χ0) is 22.1. The maximum absolute atomic E-state index is 13.1. The van der Waals surface area contributed by atoms with Gasteiger partial charge in [0.15, 0.2) is 0 Å². The zero-order valence-electron chi connectivity index (χ0n) is 17.2. The lowest BCUT2D eigenvalue weighted by Gasteiger charge is -2.10. The van der Waals surface area contributed by atoms with Gasteiger partial charge in [0.05, 0.1) is 10.9 Å². The number of para-hydroxylation sites is 1. The molecule has 2 aromatic heterocycles. The summed E-state index contributed by atoms with van der Waals surface area (Å²) in [6, 6.07) is 12.2. The summed E-state index contributed by atoms with van der Waals surface area (Å²) in [6.07, 6.45) is 0.736.